The molecule has 0 fully saturated rings. The van der Waals surface area contributed by atoms with Gasteiger partial charge in [-0.05, 0) is 30.3 Å². The number of halogens is 3. The van der Waals surface area contributed by atoms with Gasteiger partial charge >= 0.3 is 0 Å². The minimum absolute atomic E-state index is 0.159. The average Bonchev–Trinajstić information content (AvgIpc) is 3.05. The molecule has 0 bridgehead atoms. The van der Waals surface area contributed by atoms with Gasteiger partial charge in [0.2, 0.25) is 5.78 Å². The van der Waals surface area contributed by atoms with E-state index in [9.17, 15) is 13.2 Å². The Hall–Kier alpha value is -3.22. The Balaban J connectivity index is 1.84. The maximum absolute atomic E-state index is 14.2. The summed E-state index contributed by atoms with van der Waals surface area (Å²) in [5.41, 5.74) is 2.01. The highest BCUT2D eigenvalue weighted by Gasteiger charge is 2.26. The molecule has 0 amide bonds. The highest BCUT2D eigenvalue weighted by atomic mass is 19.3. The molecule has 0 radical (unpaired) electrons. The summed E-state index contributed by atoms with van der Waals surface area (Å²) in [6, 6.07) is 9.40. The van der Waals surface area contributed by atoms with Gasteiger partial charge in [0.05, 0.1) is 11.9 Å². The predicted octanol–water partition coefficient (Wildman–Crippen LogP) is 4.71. The third-order valence-corrected chi connectivity index (χ3v) is 4.06. The highest BCUT2D eigenvalue weighted by Crippen LogP contribution is 2.30. The minimum atomic E-state index is -3.04. The van der Waals surface area contributed by atoms with Gasteiger partial charge in [0.25, 0.3) is 5.92 Å². The number of fused-ring (bicyclic) bond motifs is 1. The molecule has 0 unspecified atom stereocenters. The van der Waals surface area contributed by atoms with Crippen molar-refractivity contribution < 1.29 is 13.2 Å². The summed E-state index contributed by atoms with van der Waals surface area (Å²) in [6.45, 7) is 0.788. The molecule has 1 aromatic carbocycles. The molecule has 0 saturated heterocycles. The van der Waals surface area contributed by atoms with Crippen LogP contribution < -0.4 is 0 Å². The first-order chi connectivity index (χ1) is 12.4. The number of hydrogen-bond donors (Lipinski definition) is 0. The molecule has 4 aromatic rings. The zero-order chi connectivity index (χ0) is 18.3. The van der Waals surface area contributed by atoms with Crippen molar-refractivity contribution in [3.05, 3.63) is 72.7 Å². The van der Waals surface area contributed by atoms with Crippen molar-refractivity contribution in [3.8, 4) is 22.4 Å². The van der Waals surface area contributed by atoms with Crippen LogP contribution in [-0.4, -0.2) is 19.4 Å². The lowest BCUT2D eigenvalue weighted by Crippen LogP contribution is -2.10. The number of alkyl halides is 2. The van der Waals surface area contributed by atoms with Crippen molar-refractivity contribution in [2.75, 3.05) is 0 Å². The van der Waals surface area contributed by atoms with Gasteiger partial charge in [-0.15, -0.1) is 0 Å². The number of benzene rings is 1. The van der Waals surface area contributed by atoms with Gasteiger partial charge < -0.3 is 0 Å². The number of rotatable bonds is 3. The normalized spacial score (nSPS) is 11.8. The number of hydrogen-bond acceptors (Lipinski definition) is 3. The van der Waals surface area contributed by atoms with E-state index in [-0.39, 0.29) is 17.3 Å². The first kappa shape index (κ1) is 16.3. The van der Waals surface area contributed by atoms with Gasteiger partial charge in [0, 0.05) is 42.2 Å². The second-order valence-electron chi connectivity index (χ2n) is 5.95. The van der Waals surface area contributed by atoms with E-state index in [4.69, 9.17) is 0 Å². The van der Waals surface area contributed by atoms with Gasteiger partial charge in [0.15, 0.2) is 0 Å². The Bertz CT molecular complexity index is 1090. The Morgan fingerprint density at radius 2 is 1.88 bits per heavy atom. The lowest BCUT2D eigenvalue weighted by Gasteiger charge is -2.10. The molecule has 0 aliphatic carbocycles. The molecule has 0 saturated carbocycles. The number of imidazole rings is 1. The van der Waals surface area contributed by atoms with Gasteiger partial charge in [-0.1, -0.05) is 6.07 Å². The maximum Gasteiger partial charge on any atom is 0.287 e. The third-order valence-electron chi connectivity index (χ3n) is 4.06. The third kappa shape index (κ3) is 2.81. The van der Waals surface area contributed by atoms with Crippen LogP contribution in [0.4, 0.5) is 13.2 Å². The summed E-state index contributed by atoms with van der Waals surface area (Å²) in [4.78, 5) is 12.0. The van der Waals surface area contributed by atoms with Crippen molar-refractivity contribution >= 4 is 5.78 Å². The summed E-state index contributed by atoms with van der Waals surface area (Å²) in [7, 11) is 0. The van der Waals surface area contributed by atoms with Crippen LogP contribution in [0.15, 0.2) is 61.2 Å². The average molecular weight is 354 g/mol. The molecule has 0 atom stereocenters. The Morgan fingerprint density at radius 3 is 2.62 bits per heavy atom. The largest absolute Gasteiger partial charge is 0.287 e. The van der Waals surface area contributed by atoms with Crippen LogP contribution >= 0.6 is 0 Å². The van der Waals surface area contributed by atoms with E-state index >= 15 is 0 Å². The first-order valence-electron chi connectivity index (χ1n) is 7.86. The van der Waals surface area contributed by atoms with Crippen LogP contribution in [0.25, 0.3) is 28.2 Å². The quantitative estimate of drug-likeness (QED) is 0.535. The van der Waals surface area contributed by atoms with E-state index in [2.05, 4.69) is 15.0 Å². The SMILES string of the molecule is CC(F)(F)c1ccn2c(-c3ccc(F)c(-c4cccnc4)c3)cnc2n1. The zero-order valence-corrected chi connectivity index (χ0v) is 13.7. The van der Waals surface area contributed by atoms with Gasteiger partial charge in [-0.2, -0.15) is 8.78 Å². The second-order valence-corrected chi connectivity index (χ2v) is 5.95. The number of nitrogens with zero attached hydrogens (tertiary/aromatic N) is 4. The highest BCUT2D eigenvalue weighted by molar-refractivity contribution is 5.72. The Kier molecular flexibility index (Phi) is 3.72. The predicted molar refractivity (Wildman–Crippen MR) is 91.2 cm³/mol. The summed E-state index contributed by atoms with van der Waals surface area (Å²) in [6.07, 6.45) is 6.21. The minimum Gasteiger partial charge on any atom is -0.284 e. The molecule has 0 spiro atoms. The van der Waals surface area contributed by atoms with Crippen LogP contribution in [0.5, 0.6) is 0 Å². The van der Waals surface area contributed by atoms with Crippen molar-refractivity contribution in [2.45, 2.75) is 12.8 Å². The fraction of sp³-hybridized carbons (Fsp3) is 0.105. The maximum atomic E-state index is 14.2. The van der Waals surface area contributed by atoms with Gasteiger partial charge in [-0.25, -0.2) is 14.4 Å². The molecule has 0 aliphatic rings. The van der Waals surface area contributed by atoms with E-state index in [0.29, 0.717) is 22.4 Å². The molecule has 0 N–H and O–H groups in total. The van der Waals surface area contributed by atoms with Gasteiger partial charge in [0.1, 0.15) is 11.5 Å². The fourth-order valence-electron chi connectivity index (χ4n) is 2.76. The second kappa shape index (κ2) is 5.94. The molecule has 3 aromatic heterocycles. The summed E-state index contributed by atoms with van der Waals surface area (Å²) in [5, 5.41) is 0. The fourth-order valence-corrected chi connectivity index (χ4v) is 2.76. The molecule has 0 aliphatic heterocycles. The van der Waals surface area contributed by atoms with Crippen molar-refractivity contribution in [3.63, 3.8) is 0 Å². The molecule has 26 heavy (non-hydrogen) atoms. The topological polar surface area (TPSA) is 43.1 Å². The zero-order valence-electron chi connectivity index (χ0n) is 13.7. The number of aromatic nitrogens is 4. The Labute approximate surface area is 147 Å². The van der Waals surface area contributed by atoms with Crippen molar-refractivity contribution in [1.82, 2.24) is 19.4 Å². The van der Waals surface area contributed by atoms with E-state index in [0.717, 1.165) is 6.92 Å². The number of pyridine rings is 1. The van der Waals surface area contributed by atoms with Crippen LogP contribution in [0.1, 0.15) is 12.6 Å². The van der Waals surface area contributed by atoms with E-state index < -0.39 is 5.92 Å². The van der Waals surface area contributed by atoms with Crippen molar-refractivity contribution in [1.29, 1.82) is 0 Å². The van der Waals surface area contributed by atoms with Crippen LogP contribution in [-0.2, 0) is 5.92 Å². The smallest absolute Gasteiger partial charge is 0.284 e. The molecule has 130 valence electrons. The van der Waals surface area contributed by atoms with Crippen LogP contribution in [0.3, 0.4) is 0 Å². The van der Waals surface area contributed by atoms with Crippen LogP contribution in [0, 0.1) is 5.82 Å². The lowest BCUT2D eigenvalue weighted by atomic mass is 10.0. The summed E-state index contributed by atoms with van der Waals surface area (Å²) < 4.78 is 42.7. The summed E-state index contributed by atoms with van der Waals surface area (Å²) >= 11 is 0. The van der Waals surface area contributed by atoms with E-state index in [1.807, 2.05) is 0 Å². The summed E-state index contributed by atoms with van der Waals surface area (Å²) in [5.74, 6) is -3.26. The molecule has 3 heterocycles. The molecule has 7 heteroatoms. The monoisotopic (exact) mass is 354 g/mol. The van der Waals surface area contributed by atoms with E-state index in [1.54, 1.807) is 41.1 Å². The van der Waals surface area contributed by atoms with Crippen molar-refractivity contribution in [2.24, 2.45) is 0 Å². The van der Waals surface area contributed by atoms with E-state index in [1.165, 1.54) is 24.5 Å². The molecular weight excluding hydrogens is 341 g/mol. The van der Waals surface area contributed by atoms with Gasteiger partial charge in [-0.3, -0.25) is 9.38 Å². The molecular formula is C19H13F3N4. The van der Waals surface area contributed by atoms with Crippen LogP contribution in [0.2, 0.25) is 0 Å². The standard InChI is InChI=1S/C19H13F3N4/c1-19(21,22)17-6-8-26-16(11-24-18(26)25-17)12-4-5-15(20)14(9-12)13-3-2-7-23-10-13/h2-11H,1H3. The molecule has 4 nitrogen and oxygen atoms in total. The molecule has 4 rings (SSSR count). The lowest BCUT2D eigenvalue weighted by molar-refractivity contribution is 0.0129. The first-order valence-corrected chi connectivity index (χ1v) is 7.86. The Morgan fingerprint density at radius 1 is 1.04 bits per heavy atom.